The van der Waals surface area contributed by atoms with Crippen molar-refractivity contribution < 1.29 is 8.83 Å². The zero-order valence-corrected chi connectivity index (χ0v) is 36.8. The molecule has 0 saturated carbocycles. The van der Waals surface area contributed by atoms with Gasteiger partial charge in [-0.05, 0) is 96.5 Å². The van der Waals surface area contributed by atoms with Gasteiger partial charge in [-0.2, -0.15) is 0 Å². The Hall–Kier alpha value is -6.14. The Morgan fingerprint density at radius 1 is 0.525 bits per heavy atom. The highest BCUT2D eigenvalue weighted by Gasteiger charge is 2.48. The Morgan fingerprint density at radius 3 is 1.38 bits per heavy atom. The first-order valence-corrected chi connectivity index (χ1v) is 21.9. The Labute approximate surface area is 355 Å². The van der Waals surface area contributed by atoms with Crippen LogP contribution in [-0.4, -0.2) is 26.8 Å². The number of aryl methyl sites for hydroxylation is 2. The van der Waals surface area contributed by atoms with Crippen LogP contribution in [0.2, 0.25) is 0 Å². The van der Waals surface area contributed by atoms with E-state index in [1.54, 1.807) is 0 Å². The molecule has 0 bridgehead atoms. The first kappa shape index (κ1) is 36.7. The van der Waals surface area contributed by atoms with Gasteiger partial charge in [-0.3, -0.25) is 4.57 Å². The number of rotatable bonds is 4. The molecule has 61 heavy (non-hydrogen) atoms. The maximum absolute atomic E-state index is 16.0. The van der Waals surface area contributed by atoms with Gasteiger partial charge in [0.25, 0.3) is 0 Å². The van der Waals surface area contributed by atoms with Crippen LogP contribution >= 0.6 is 0 Å². The third kappa shape index (κ3) is 4.79. The van der Waals surface area contributed by atoms with E-state index in [1.807, 2.05) is 33.1 Å². The summed E-state index contributed by atoms with van der Waals surface area (Å²) in [5.41, 5.74) is 20.7. The van der Waals surface area contributed by atoms with Crippen molar-refractivity contribution in [1.29, 1.82) is 0 Å². The minimum atomic E-state index is -0.182. The lowest BCUT2D eigenvalue weighted by atomic mass is 9.30. The van der Waals surface area contributed by atoms with Crippen LogP contribution in [-0.2, 0) is 12.8 Å². The van der Waals surface area contributed by atoms with Crippen molar-refractivity contribution in [2.24, 2.45) is 10.8 Å². The smallest absolute Gasteiger partial charge is 0.345 e. The van der Waals surface area contributed by atoms with Crippen LogP contribution in [0.15, 0.2) is 105 Å². The van der Waals surface area contributed by atoms with Crippen LogP contribution in [0.3, 0.4) is 0 Å². The fourth-order valence-corrected chi connectivity index (χ4v) is 11.6. The molecule has 0 amide bonds. The van der Waals surface area contributed by atoms with Gasteiger partial charge in [-0.15, -0.1) is 0 Å². The number of hydrogen-bond donors (Lipinski definition) is 0. The first-order chi connectivity index (χ1) is 29.1. The van der Waals surface area contributed by atoms with Crippen LogP contribution in [0.1, 0.15) is 74.9 Å². The summed E-state index contributed by atoms with van der Waals surface area (Å²) in [5, 5.41) is 4.04. The molecule has 0 saturated heterocycles. The number of nitrogens with zero attached hydrogens (tertiary/aromatic N) is 3. The number of aromatic nitrogens is 3. The van der Waals surface area contributed by atoms with Crippen LogP contribution in [0.4, 0.5) is 0 Å². The predicted molar refractivity (Wildman–Crippen MR) is 256 cm³/mol. The Balaban J connectivity index is 1.37. The molecule has 2 aliphatic heterocycles. The van der Waals surface area contributed by atoms with Gasteiger partial charge >= 0.3 is 5.69 Å². The Bertz CT molecular complexity index is 3420. The van der Waals surface area contributed by atoms with Crippen molar-refractivity contribution >= 4 is 102 Å². The third-order valence-electron chi connectivity index (χ3n) is 14.1. The minimum Gasteiger partial charge on any atom is -0.439 e. The van der Waals surface area contributed by atoms with E-state index in [1.165, 1.54) is 55.2 Å². The SMILES string of the molecule is Cc1ccc(CC(C)(C)C)c(B2c3cccc4c3-n3c5c2c2c6ccccc6oc2n5c(=O)n2c5oc6ccccc6c5c(c32)B4c2c(CC(C)(C)C)ccc(C)c2C)c1C. The van der Waals surface area contributed by atoms with Gasteiger partial charge in [0, 0.05) is 27.2 Å². The lowest BCUT2D eigenvalue weighted by molar-refractivity contribution is 0.411. The average molecular weight is 798 g/mol. The quantitative estimate of drug-likeness (QED) is 0.169. The standard InChI is InChI=1S/C53H49B2N3O3/c1-28-22-24-32(26-52(5,6)7)42(30(28)3)54-36-18-15-19-37-46(36)56-47-44(54)40-34-16-11-13-20-38(34)60-49(40)57(47)51(59)58-48(56)45(41-35-17-12-14-21-39(35)61-50(41)58)55(37)43-31(4)29(2)23-25-33(43)27-53(8,9)10/h11-25H,26-27H2,1-10H3. The van der Waals surface area contributed by atoms with Gasteiger partial charge in [0.15, 0.2) is 0 Å². The number of furan rings is 2. The number of para-hydroxylation sites is 3. The van der Waals surface area contributed by atoms with E-state index in [0.29, 0.717) is 11.4 Å². The van der Waals surface area contributed by atoms with Crippen LogP contribution in [0.25, 0.3) is 61.1 Å². The van der Waals surface area contributed by atoms with Crippen molar-refractivity contribution in [2.45, 2.75) is 82.1 Å². The maximum Gasteiger partial charge on any atom is 0.345 e. The molecule has 8 heteroatoms. The molecule has 5 aromatic carbocycles. The molecule has 6 nitrogen and oxygen atoms in total. The molecule has 0 atom stereocenters. The van der Waals surface area contributed by atoms with Crippen LogP contribution < -0.4 is 38.5 Å². The normalized spacial score (nSPS) is 13.9. The molecule has 0 N–H and O–H groups in total. The lowest BCUT2D eigenvalue weighted by Crippen LogP contribution is -2.65. The van der Waals surface area contributed by atoms with Crippen molar-refractivity contribution in [1.82, 2.24) is 13.4 Å². The third-order valence-corrected chi connectivity index (χ3v) is 14.1. The summed E-state index contributed by atoms with van der Waals surface area (Å²) in [6, 6.07) is 32.9. The second-order valence-electron chi connectivity index (χ2n) is 20.6. The molecule has 2 aliphatic rings. The number of hydrogen-bond acceptors (Lipinski definition) is 3. The summed E-state index contributed by atoms with van der Waals surface area (Å²) < 4.78 is 20.0. The second kappa shape index (κ2) is 12.0. The molecule has 5 aromatic heterocycles. The molecular weight excluding hydrogens is 748 g/mol. The van der Waals surface area contributed by atoms with Crippen molar-refractivity contribution in [3.05, 3.63) is 135 Å². The lowest BCUT2D eigenvalue weighted by Gasteiger charge is -2.37. The summed E-state index contributed by atoms with van der Waals surface area (Å²) in [5.74, 6) is 0. The van der Waals surface area contributed by atoms with Crippen molar-refractivity contribution in [3.8, 4) is 5.69 Å². The molecule has 0 unspecified atom stereocenters. The monoisotopic (exact) mass is 797 g/mol. The zero-order valence-electron chi connectivity index (χ0n) is 36.8. The van der Waals surface area contributed by atoms with Crippen molar-refractivity contribution in [2.75, 3.05) is 0 Å². The maximum atomic E-state index is 16.0. The van der Waals surface area contributed by atoms with Crippen LogP contribution in [0, 0.1) is 38.5 Å². The highest BCUT2D eigenvalue weighted by Crippen LogP contribution is 2.38. The Morgan fingerprint density at radius 2 is 0.951 bits per heavy atom. The fraction of sp³-hybridized carbons (Fsp3) is 0.264. The molecule has 12 rings (SSSR count). The van der Waals surface area contributed by atoms with E-state index in [-0.39, 0.29) is 29.9 Å². The number of benzene rings is 5. The summed E-state index contributed by atoms with van der Waals surface area (Å²) >= 11 is 0. The van der Waals surface area contributed by atoms with Gasteiger partial charge in [-0.1, -0.05) is 154 Å². The van der Waals surface area contributed by atoms with E-state index in [2.05, 4.69) is 141 Å². The van der Waals surface area contributed by atoms with E-state index in [9.17, 15) is 0 Å². The minimum absolute atomic E-state index is 0.0465. The fourth-order valence-electron chi connectivity index (χ4n) is 11.6. The highest BCUT2D eigenvalue weighted by molar-refractivity contribution is 7.03. The van der Waals surface area contributed by atoms with Gasteiger partial charge in [-0.25, -0.2) is 13.6 Å². The van der Waals surface area contributed by atoms with Gasteiger partial charge < -0.3 is 8.83 Å². The molecule has 7 heterocycles. The van der Waals surface area contributed by atoms with Crippen LogP contribution in [0.5, 0.6) is 0 Å². The molecule has 0 aliphatic carbocycles. The molecule has 10 aromatic rings. The summed E-state index contributed by atoms with van der Waals surface area (Å²) in [6.45, 7) is 22.7. The summed E-state index contributed by atoms with van der Waals surface area (Å²) in [4.78, 5) is 16.0. The zero-order chi connectivity index (χ0) is 42.2. The molecule has 300 valence electrons. The predicted octanol–water partition coefficient (Wildman–Crippen LogP) is 8.21. The molecular formula is C53H49B2N3O3. The van der Waals surface area contributed by atoms with E-state index >= 15 is 4.79 Å². The van der Waals surface area contributed by atoms with Gasteiger partial charge in [0.05, 0.1) is 0 Å². The second-order valence-corrected chi connectivity index (χ2v) is 20.6. The Kier molecular flexibility index (Phi) is 7.23. The highest BCUT2D eigenvalue weighted by atomic mass is 16.3. The summed E-state index contributed by atoms with van der Waals surface area (Å²) in [6.07, 6.45) is 1.83. The topological polar surface area (TPSA) is 57.1 Å². The summed E-state index contributed by atoms with van der Waals surface area (Å²) in [7, 11) is 0. The van der Waals surface area contributed by atoms with E-state index in [4.69, 9.17) is 8.83 Å². The van der Waals surface area contributed by atoms with Crippen molar-refractivity contribution in [3.63, 3.8) is 0 Å². The number of fused-ring (bicyclic) bond motifs is 10. The van der Waals surface area contributed by atoms with E-state index in [0.717, 1.165) is 73.5 Å². The molecule has 0 fully saturated rings. The molecule has 0 spiro atoms. The van der Waals surface area contributed by atoms with Gasteiger partial charge in [0.1, 0.15) is 22.5 Å². The largest absolute Gasteiger partial charge is 0.439 e. The molecule has 0 radical (unpaired) electrons. The average Bonchev–Trinajstić information content (AvgIpc) is 3.95. The first-order valence-electron chi connectivity index (χ1n) is 21.9. The van der Waals surface area contributed by atoms with E-state index < -0.39 is 0 Å². The van der Waals surface area contributed by atoms with Gasteiger partial charge in [0.2, 0.25) is 24.9 Å².